The number of nitrogens with zero attached hydrogens (tertiary/aromatic N) is 3. The summed E-state index contributed by atoms with van der Waals surface area (Å²) in [5, 5.41) is 1.38. The first-order valence-electron chi connectivity index (χ1n) is 13.1. The van der Waals surface area contributed by atoms with Gasteiger partial charge in [-0.3, -0.25) is 4.90 Å². The van der Waals surface area contributed by atoms with Gasteiger partial charge in [-0.25, -0.2) is 0 Å². The zero-order valence-corrected chi connectivity index (χ0v) is 22.0. The van der Waals surface area contributed by atoms with E-state index in [0.717, 1.165) is 49.9 Å². The Labute approximate surface area is 215 Å². The number of anilines is 2. The van der Waals surface area contributed by atoms with Crippen molar-refractivity contribution >= 4 is 22.3 Å². The molecule has 188 valence electrons. The molecule has 0 amide bonds. The lowest BCUT2D eigenvalue weighted by Crippen LogP contribution is -2.46. The molecule has 1 N–H and O–H groups in total. The van der Waals surface area contributed by atoms with E-state index in [0.29, 0.717) is 5.92 Å². The Kier molecular flexibility index (Phi) is 7.19. The second-order valence-corrected chi connectivity index (χ2v) is 10.3. The summed E-state index contributed by atoms with van der Waals surface area (Å²) in [5.41, 5.74) is 6.31. The maximum atomic E-state index is 6.36. The molecule has 1 aliphatic rings. The molecule has 0 saturated carbocycles. The van der Waals surface area contributed by atoms with Crippen LogP contribution in [0.1, 0.15) is 30.4 Å². The molecule has 1 fully saturated rings. The first kappa shape index (κ1) is 24.3. The van der Waals surface area contributed by atoms with Crippen molar-refractivity contribution in [3.8, 4) is 11.5 Å². The molecule has 1 aromatic heterocycles. The van der Waals surface area contributed by atoms with Gasteiger partial charge in [-0.1, -0.05) is 36.8 Å². The lowest BCUT2D eigenvalue weighted by molar-refractivity contribution is 0.249. The number of ether oxygens (including phenoxy) is 1. The molecule has 1 unspecified atom stereocenters. The van der Waals surface area contributed by atoms with Crippen LogP contribution in [0, 0.1) is 6.92 Å². The number of hydrogen-bond acceptors (Lipinski definition) is 4. The first-order valence-corrected chi connectivity index (χ1v) is 13.1. The van der Waals surface area contributed by atoms with Gasteiger partial charge in [0.2, 0.25) is 0 Å². The number of aromatic amines is 1. The highest BCUT2D eigenvalue weighted by Crippen LogP contribution is 2.34. The molecule has 4 aromatic rings. The molecule has 2 heterocycles. The maximum absolute atomic E-state index is 6.36. The van der Waals surface area contributed by atoms with Crippen molar-refractivity contribution in [3.63, 3.8) is 0 Å². The molecule has 5 nitrogen and oxygen atoms in total. The Morgan fingerprint density at radius 1 is 0.944 bits per heavy atom. The fourth-order valence-electron chi connectivity index (χ4n) is 5.16. The molecular formula is C31H38N4O. The predicted octanol–water partition coefficient (Wildman–Crippen LogP) is 6.65. The smallest absolute Gasteiger partial charge is 0.150 e. The number of aromatic nitrogens is 1. The molecule has 3 aromatic carbocycles. The number of rotatable bonds is 8. The number of piperazine rings is 1. The third-order valence-corrected chi connectivity index (χ3v) is 7.42. The van der Waals surface area contributed by atoms with Crippen LogP contribution in [0.15, 0.2) is 72.9 Å². The first-order chi connectivity index (χ1) is 17.5. The lowest BCUT2D eigenvalue weighted by atomic mass is 9.96. The van der Waals surface area contributed by atoms with E-state index in [-0.39, 0.29) is 0 Å². The lowest BCUT2D eigenvalue weighted by Gasteiger charge is -2.37. The number of aryl methyl sites for hydroxylation is 1. The summed E-state index contributed by atoms with van der Waals surface area (Å²) in [4.78, 5) is 10.6. The van der Waals surface area contributed by atoms with Crippen molar-refractivity contribution in [1.29, 1.82) is 0 Å². The highest BCUT2D eigenvalue weighted by atomic mass is 16.5. The van der Waals surface area contributed by atoms with Gasteiger partial charge in [-0.05, 0) is 67.8 Å². The molecule has 1 atom stereocenters. The standard InChI is InChI=1S/C31H38N4O/c1-23-12-13-29-27(20-23)28(22-32-29)24(2)14-15-34-16-18-35(19-17-34)30-10-5-6-11-31(30)36-26-9-7-8-25(21-26)33(3)4/h5-13,20-22,24,32H,14-19H2,1-4H3. The van der Waals surface area contributed by atoms with Gasteiger partial charge in [0.1, 0.15) is 5.75 Å². The van der Waals surface area contributed by atoms with Crippen LogP contribution >= 0.6 is 0 Å². The monoisotopic (exact) mass is 482 g/mol. The Hall–Kier alpha value is -3.44. The Bertz CT molecular complexity index is 1300. The van der Waals surface area contributed by atoms with Gasteiger partial charge < -0.3 is 19.5 Å². The topological polar surface area (TPSA) is 34.7 Å². The Morgan fingerprint density at radius 3 is 2.56 bits per heavy atom. The van der Waals surface area contributed by atoms with Crippen LogP contribution in [0.25, 0.3) is 10.9 Å². The third kappa shape index (κ3) is 5.36. The molecule has 0 spiro atoms. The highest BCUT2D eigenvalue weighted by molar-refractivity contribution is 5.84. The maximum Gasteiger partial charge on any atom is 0.150 e. The van der Waals surface area contributed by atoms with E-state index in [4.69, 9.17) is 4.74 Å². The molecule has 5 rings (SSSR count). The van der Waals surface area contributed by atoms with Crippen LogP contribution in [0.2, 0.25) is 0 Å². The average Bonchev–Trinajstić information content (AvgIpc) is 3.31. The fourth-order valence-corrected chi connectivity index (χ4v) is 5.16. The minimum Gasteiger partial charge on any atom is -0.455 e. The molecule has 1 saturated heterocycles. The third-order valence-electron chi connectivity index (χ3n) is 7.42. The molecule has 0 aliphatic carbocycles. The van der Waals surface area contributed by atoms with Gasteiger partial charge in [-0.2, -0.15) is 0 Å². The van der Waals surface area contributed by atoms with Gasteiger partial charge >= 0.3 is 0 Å². The van der Waals surface area contributed by atoms with Gasteiger partial charge in [-0.15, -0.1) is 0 Å². The van der Waals surface area contributed by atoms with Crippen LogP contribution in [0.5, 0.6) is 11.5 Å². The van der Waals surface area contributed by atoms with Crippen molar-refractivity contribution in [3.05, 3.63) is 84.1 Å². The van der Waals surface area contributed by atoms with E-state index in [1.54, 1.807) is 0 Å². The van der Waals surface area contributed by atoms with E-state index >= 15 is 0 Å². The SMILES string of the molecule is Cc1ccc2[nH]cc(C(C)CCN3CCN(c4ccccc4Oc4cccc(N(C)C)c4)CC3)c2c1. The molecule has 0 bridgehead atoms. The summed E-state index contributed by atoms with van der Waals surface area (Å²) in [5.74, 6) is 2.32. The van der Waals surface area contributed by atoms with Crippen molar-refractivity contribution in [2.24, 2.45) is 0 Å². The minimum absolute atomic E-state index is 0.533. The minimum atomic E-state index is 0.533. The number of nitrogens with one attached hydrogen (secondary N) is 1. The highest BCUT2D eigenvalue weighted by Gasteiger charge is 2.21. The van der Waals surface area contributed by atoms with Crippen LogP contribution in [0.4, 0.5) is 11.4 Å². The van der Waals surface area contributed by atoms with Gasteiger partial charge in [0, 0.05) is 69.1 Å². The summed E-state index contributed by atoms with van der Waals surface area (Å²) in [7, 11) is 4.10. The summed E-state index contributed by atoms with van der Waals surface area (Å²) >= 11 is 0. The van der Waals surface area contributed by atoms with E-state index in [9.17, 15) is 0 Å². The van der Waals surface area contributed by atoms with Crippen molar-refractivity contribution in [1.82, 2.24) is 9.88 Å². The average molecular weight is 483 g/mol. The summed E-state index contributed by atoms with van der Waals surface area (Å²) < 4.78 is 6.36. The van der Waals surface area contributed by atoms with E-state index in [1.807, 2.05) is 12.1 Å². The van der Waals surface area contributed by atoms with E-state index < -0.39 is 0 Å². The van der Waals surface area contributed by atoms with Crippen molar-refractivity contribution < 1.29 is 4.74 Å². The van der Waals surface area contributed by atoms with Crippen LogP contribution in [0.3, 0.4) is 0 Å². The predicted molar refractivity (Wildman–Crippen MR) is 152 cm³/mol. The van der Waals surface area contributed by atoms with Gasteiger partial charge in [0.15, 0.2) is 5.75 Å². The molecule has 5 heteroatoms. The second-order valence-electron chi connectivity index (χ2n) is 10.3. The van der Waals surface area contributed by atoms with Gasteiger partial charge in [0.05, 0.1) is 5.69 Å². The van der Waals surface area contributed by atoms with Crippen LogP contribution in [-0.2, 0) is 0 Å². The second kappa shape index (κ2) is 10.7. The zero-order chi connectivity index (χ0) is 25.1. The number of benzene rings is 3. The zero-order valence-electron chi connectivity index (χ0n) is 22.0. The Balaban J connectivity index is 1.18. The Morgan fingerprint density at radius 2 is 1.75 bits per heavy atom. The molecule has 1 aliphatic heterocycles. The number of para-hydroxylation sites is 2. The largest absolute Gasteiger partial charge is 0.455 e. The van der Waals surface area contributed by atoms with E-state index in [1.165, 1.54) is 34.1 Å². The van der Waals surface area contributed by atoms with Crippen molar-refractivity contribution in [2.45, 2.75) is 26.2 Å². The molecule has 36 heavy (non-hydrogen) atoms. The van der Waals surface area contributed by atoms with E-state index in [2.05, 4.69) is 108 Å². The number of hydrogen-bond donors (Lipinski definition) is 1. The number of H-pyrrole nitrogens is 1. The fraction of sp³-hybridized carbons (Fsp3) is 0.355. The number of fused-ring (bicyclic) bond motifs is 1. The normalized spacial score (nSPS) is 15.3. The summed E-state index contributed by atoms with van der Waals surface area (Å²) in [6.07, 6.45) is 3.38. The van der Waals surface area contributed by atoms with Crippen LogP contribution in [-0.4, -0.2) is 56.7 Å². The van der Waals surface area contributed by atoms with Crippen LogP contribution < -0.4 is 14.5 Å². The molecule has 0 radical (unpaired) electrons. The summed E-state index contributed by atoms with van der Waals surface area (Å²) in [6, 6.07) is 23.4. The quantitative estimate of drug-likeness (QED) is 0.305. The summed E-state index contributed by atoms with van der Waals surface area (Å²) in [6.45, 7) is 9.83. The van der Waals surface area contributed by atoms with Gasteiger partial charge in [0.25, 0.3) is 0 Å². The molecular weight excluding hydrogens is 444 g/mol. The van der Waals surface area contributed by atoms with Crippen molar-refractivity contribution in [2.75, 3.05) is 56.6 Å².